The van der Waals surface area contributed by atoms with Crippen molar-refractivity contribution in [2.75, 3.05) is 7.11 Å². The summed E-state index contributed by atoms with van der Waals surface area (Å²) < 4.78 is 9.67. The lowest BCUT2D eigenvalue weighted by Crippen LogP contribution is -2.05. The first-order chi connectivity index (χ1) is 7.24. The maximum absolute atomic E-state index is 11.3. The van der Waals surface area contributed by atoms with Gasteiger partial charge in [-0.15, -0.1) is 0 Å². The SMILES string of the molecule is CC/C(=C(\C#N)C(=O)OC)c1ccco1. The van der Waals surface area contributed by atoms with Crippen molar-refractivity contribution in [3.8, 4) is 6.07 Å². The number of hydrogen-bond acceptors (Lipinski definition) is 4. The Balaban J connectivity index is 3.23. The van der Waals surface area contributed by atoms with Crippen molar-refractivity contribution in [1.82, 2.24) is 0 Å². The van der Waals surface area contributed by atoms with Gasteiger partial charge in [0.05, 0.1) is 13.4 Å². The Kier molecular flexibility index (Phi) is 3.69. The zero-order valence-corrected chi connectivity index (χ0v) is 8.61. The van der Waals surface area contributed by atoms with Crippen molar-refractivity contribution < 1.29 is 13.9 Å². The fourth-order valence-corrected chi connectivity index (χ4v) is 1.26. The molecule has 0 aliphatic carbocycles. The predicted octanol–water partition coefficient (Wildman–Crippen LogP) is 2.14. The van der Waals surface area contributed by atoms with Crippen LogP contribution in [-0.2, 0) is 9.53 Å². The molecule has 0 radical (unpaired) electrons. The van der Waals surface area contributed by atoms with Crippen LogP contribution >= 0.6 is 0 Å². The van der Waals surface area contributed by atoms with Gasteiger partial charge in [-0.2, -0.15) is 5.26 Å². The largest absolute Gasteiger partial charge is 0.465 e. The van der Waals surface area contributed by atoms with Crippen LogP contribution in [0.3, 0.4) is 0 Å². The molecule has 0 amide bonds. The molecule has 4 nitrogen and oxygen atoms in total. The number of nitrogens with zero attached hydrogens (tertiary/aromatic N) is 1. The van der Waals surface area contributed by atoms with E-state index in [1.165, 1.54) is 13.4 Å². The topological polar surface area (TPSA) is 63.2 Å². The molecular weight excluding hydrogens is 194 g/mol. The molecule has 0 saturated carbocycles. The quantitative estimate of drug-likeness (QED) is 0.431. The third kappa shape index (κ3) is 2.26. The van der Waals surface area contributed by atoms with E-state index >= 15 is 0 Å². The van der Waals surface area contributed by atoms with Crippen LogP contribution in [0.1, 0.15) is 19.1 Å². The summed E-state index contributed by atoms with van der Waals surface area (Å²) in [4.78, 5) is 11.3. The molecule has 0 bridgehead atoms. The minimum Gasteiger partial charge on any atom is -0.465 e. The lowest BCUT2D eigenvalue weighted by atomic mass is 10.0. The lowest BCUT2D eigenvalue weighted by molar-refractivity contribution is -0.135. The van der Waals surface area contributed by atoms with E-state index in [1.807, 2.05) is 13.0 Å². The second kappa shape index (κ2) is 5.01. The second-order valence-electron chi connectivity index (χ2n) is 2.79. The van der Waals surface area contributed by atoms with E-state index in [0.29, 0.717) is 17.8 Å². The first kappa shape index (κ1) is 11.1. The molecule has 0 fully saturated rings. The summed E-state index contributed by atoms with van der Waals surface area (Å²) in [6, 6.07) is 5.25. The van der Waals surface area contributed by atoms with E-state index in [-0.39, 0.29) is 5.57 Å². The van der Waals surface area contributed by atoms with Crippen LogP contribution < -0.4 is 0 Å². The summed E-state index contributed by atoms with van der Waals surface area (Å²) in [5.74, 6) is -0.106. The van der Waals surface area contributed by atoms with Crippen molar-refractivity contribution in [3.63, 3.8) is 0 Å². The Hall–Kier alpha value is -2.02. The van der Waals surface area contributed by atoms with Crippen LogP contribution in [0.2, 0.25) is 0 Å². The van der Waals surface area contributed by atoms with Gasteiger partial charge in [-0.1, -0.05) is 6.92 Å². The molecule has 1 rings (SSSR count). The number of ether oxygens (including phenoxy) is 1. The number of esters is 1. The normalized spacial score (nSPS) is 11.5. The van der Waals surface area contributed by atoms with E-state index in [1.54, 1.807) is 12.1 Å². The van der Waals surface area contributed by atoms with Crippen LogP contribution in [0.25, 0.3) is 5.57 Å². The summed E-state index contributed by atoms with van der Waals surface area (Å²) in [6.07, 6.45) is 2.03. The molecular formula is C11H11NO3. The van der Waals surface area contributed by atoms with Crippen molar-refractivity contribution >= 4 is 11.5 Å². The summed E-state index contributed by atoms with van der Waals surface area (Å²) in [6.45, 7) is 1.85. The first-order valence-corrected chi connectivity index (χ1v) is 4.50. The zero-order chi connectivity index (χ0) is 11.3. The number of carbonyl (C=O) groups is 1. The molecule has 15 heavy (non-hydrogen) atoms. The highest BCUT2D eigenvalue weighted by atomic mass is 16.5. The Morgan fingerprint density at radius 3 is 2.80 bits per heavy atom. The number of furan rings is 1. The fourth-order valence-electron chi connectivity index (χ4n) is 1.26. The number of rotatable bonds is 3. The van der Waals surface area contributed by atoms with Gasteiger partial charge in [0.1, 0.15) is 17.4 Å². The molecule has 4 heteroatoms. The van der Waals surface area contributed by atoms with E-state index < -0.39 is 5.97 Å². The highest BCUT2D eigenvalue weighted by Gasteiger charge is 2.17. The summed E-state index contributed by atoms with van der Waals surface area (Å²) in [5, 5.41) is 8.88. The number of allylic oxidation sites excluding steroid dienone is 1. The lowest BCUT2D eigenvalue weighted by Gasteiger charge is -2.03. The molecule has 1 aromatic rings. The molecule has 1 aromatic heterocycles. The van der Waals surface area contributed by atoms with Crippen molar-refractivity contribution in [2.45, 2.75) is 13.3 Å². The van der Waals surface area contributed by atoms with Gasteiger partial charge in [0.2, 0.25) is 0 Å². The minimum atomic E-state index is -0.634. The Morgan fingerprint density at radius 1 is 1.67 bits per heavy atom. The maximum atomic E-state index is 11.3. The molecule has 0 N–H and O–H groups in total. The standard InChI is InChI=1S/C11H11NO3/c1-3-8(10-5-4-6-15-10)9(7-12)11(13)14-2/h4-6H,3H2,1-2H3/b9-8-. The van der Waals surface area contributed by atoms with Gasteiger partial charge < -0.3 is 9.15 Å². The van der Waals surface area contributed by atoms with Crippen LogP contribution in [0.15, 0.2) is 28.4 Å². The van der Waals surface area contributed by atoms with Crippen molar-refractivity contribution in [3.05, 3.63) is 29.7 Å². The number of methoxy groups -OCH3 is 1. The Bertz CT molecular complexity index is 410. The van der Waals surface area contributed by atoms with Gasteiger partial charge >= 0.3 is 5.97 Å². The fraction of sp³-hybridized carbons (Fsp3) is 0.273. The van der Waals surface area contributed by atoms with Gasteiger partial charge in [-0.05, 0) is 18.6 Å². The highest BCUT2D eigenvalue weighted by molar-refractivity contribution is 6.01. The Morgan fingerprint density at radius 2 is 2.40 bits per heavy atom. The molecule has 0 aromatic carbocycles. The molecule has 0 aliphatic rings. The number of nitriles is 1. The van der Waals surface area contributed by atoms with Crippen molar-refractivity contribution in [1.29, 1.82) is 5.26 Å². The molecule has 0 aliphatic heterocycles. The molecule has 78 valence electrons. The van der Waals surface area contributed by atoms with E-state index in [4.69, 9.17) is 9.68 Å². The molecule has 0 atom stereocenters. The monoisotopic (exact) mass is 205 g/mol. The number of carbonyl (C=O) groups excluding carboxylic acids is 1. The smallest absolute Gasteiger partial charge is 0.349 e. The summed E-state index contributed by atoms with van der Waals surface area (Å²) >= 11 is 0. The van der Waals surface area contributed by atoms with E-state index in [9.17, 15) is 4.79 Å². The maximum Gasteiger partial charge on any atom is 0.349 e. The first-order valence-electron chi connectivity index (χ1n) is 4.50. The highest BCUT2D eigenvalue weighted by Crippen LogP contribution is 2.22. The molecule has 0 spiro atoms. The second-order valence-corrected chi connectivity index (χ2v) is 2.79. The predicted molar refractivity (Wildman–Crippen MR) is 53.5 cm³/mol. The van der Waals surface area contributed by atoms with E-state index in [0.717, 1.165) is 0 Å². The van der Waals surface area contributed by atoms with Gasteiger partial charge in [-0.3, -0.25) is 0 Å². The van der Waals surface area contributed by atoms with Crippen LogP contribution in [0.4, 0.5) is 0 Å². The van der Waals surface area contributed by atoms with Crippen molar-refractivity contribution in [2.24, 2.45) is 0 Å². The zero-order valence-electron chi connectivity index (χ0n) is 8.61. The summed E-state index contributed by atoms with van der Waals surface area (Å²) in [5.41, 5.74) is 0.560. The van der Waals surface area contributed by atoms with Crippen LogP contribution in [-0.4, -0.2) is 13.1 Å². The Labute approximate surface area is 87.8 Å². The van der Waals surface area contributed by atoms with Gasteiger partial charge in [0, 0.05) is 5.57 Å². The average Bonchev–Trinajstić information content (AvgIpc) is 2.77. The third-order valence-corrected chi connectivity index (χ3v) is 1.98. The van der Waals surface area contributed by atoms with Crippen LogP contribution in [0.5, 0.6) is 0 Å². The van der Waals surface area contributed by atoms with Gasteiger partial charge in [-0.25, -0.2) is 4.79 Å². The number of hydrogen-bond donors (Lipinski definition) is 0. The molecule has 0 unspecified atom stereocenters. The van der Waals surface area contributed by atoms with Gasteiger partial charge in [0.25, 0.3) is 0 Å². The minimum absolute atomic E-state index is 0.00468. The van der Waals surface area contributed by atoms with E-state index in [2.05, 4.69) is 4.74 Å². The molecule has 1 heterocycles. The molecule has 0 saturated heterocycles. The van der Waals surface area contributed by atoms with Gasteiger partial charge in [0.15, 0.2) is 0 Å². The third-order valence-electron chi connectivity index (χ3n) is 1.98. The van der Waals surface area contributed by atoms with Crippen LogP contribution in [0, 0.1) is 11.3 Å². The summed E-state index contributed by atoms with van der Waals surface area (Å²) in [7, 11) is 1.25. The average molecular weight is 205 g/mol.